The Kier molecular flexibility index (Phi) is 5.49. The van der Waals surface area contributed by atoms with Crippen molar-refractivity contribution in [2.24, 2.45) is 5.92 Å². The molecule has 4 atom stereocenters. The lowest BCUT2D eigenvalue weighted by Gasteiger charge is -2.41. The van der Waals surface area contributed by atoms with E-state index in [-0.39, 0.29) is 10.8 Å². The molecular weight excluding hydrogens is 294 g/mol. The largest absolute Gasteiger partial charge is 0.464 e. The van der Waals surface area contributed by atoms with Crippen LogP contribution >= 0.6 is 15.9 Å². The van der Waals surface area contributed by atoms with E-state index in [0.29, 0.717) is 12.5 Å². The SMILES string of the molecule is CC[C@@H](Br)C(=O)OC[C@H]1CCC[NH+]2CCCC[C@H]12. The smallest absolute Gasteiger partial charge is 0.319 e. The molecule has 2 aliphatic rings. The van der Waals surface area contributed by atoms with E-state index in [1.54, 1.807) is 4.90 Å². The zero-order chi connectivity index (χ0) is 13.0. The minimum Gasteiger partial charge on any atom is -0.464 e. The lowest BCUT2D eigenvalue weighted by Crippen LogP contribution is -3.18. The number of esters is 1. The summed E-state index contributed by atoms with van der Waals surface area (Å²) in [6.07, 6.45) is 7.37. The van der Waals surface area contributed by atoms with Crippen LogP contribution in [-0.4, -0.2) is 36.5 Å². The van der Waals surface area contributed by atoms with Gasteiger partial charge < -0.3 is 9.64 Å². The number of rotatable bonds is 4. The number of hydrogen-bond donors (Lipinski definition) is 1. The molecule has 1 unspecified atom stereocenters. The van der Waals surface area contributed by atoms with Crippen molar-refractivity contribution in [1.29, 1.82) is 0 Å². The summed E-state index contributed by atoms with van der Waals surface area (Å²) in [6, 6.07) is 0.746. The molecule has 0 bridgehead atoms. The average Bonchev–Trinajstić information content (AvgIpc) is 2.43. The number of ether oxygens (including phenoxy) is 1. The normalized spacial score (nSPS) is 33.6. The zero-order valence-corrected chi connectivity index (χ0v) is 12.9. The average molecular weight is 319 g/mol. The standard InChI is InChI=1S/C14H24BrNO2/c1-2-12(15)14(17)18-10-11-6-5-9-16-8-4-3-7-13(11)16/h11-13H,2-10H2,1H3/p+1/t11-,12-,13-/m1/s1. The number of carbonyl (C=O) groups excluding carboxylic acids is 1. The van der Waals surface area contributed by atoms with Crippen molar-refractivity contribution in [1.82, 2.24) is 0 Å². The molecule has 2 fully saturated rings. The molecule has 3 nitrogen and oxygen atoms in total. The van der Waals surface area contributed by atoms with Crippen LogP contribution in [0.4, 0.5) is 0 Å². The number of halogens is 1. The molecule has 4 heteroatoms. The molecule has 0 aromatic heterocycles. The minimum absolute atomic E-state index is 0.0829. The summed E-state index contributed by atoms with van der Waals surface area (Å²) in [7, 11) is 0. The van der Waals surface area contributed by atoms with Gasteiger partial charge in [-0.3, -0.25) is 4.79 Å². The minimum atomic E-state index is -0.129. The van der Waals surface area contributed by atoms with E-state index in [1.807, 2.05) is 6.92 Å². The molecule has 104 valence electrons. The van der Waals surface area contributed by atoms with Gasteiger partial charge in [0.1, 0.15) is 4.83 Å². The summed E-state index contributed by atoms with van der Waals surface area (Å²) in [4.78, 5) is 13.3. The van der Waals surface area contributed by atoms with Crippen molar-refractivity contribution >= 4 is 21.9 Å². The van der Waals surface area contributed by atoms with Gasteiger partial charge in [0, 0.05) is 5.92 Å². The highest BCUT2D eigenvalue weighted by molar-refractivity contribution is 9.10. The Morgan fingerprint density at radius 1 is 1.33 bits per heavy atom. The summed E-state index contributed by atoms with van der Waals surface area (Å²) in [5.74, 6) is 0.509. The Labute approximate surface area is 118 Å². The summed E-state index contributed by atoms with van der Waals surface area (Å²) >= 11 is 3.36. The highest BCUT2D eigenvalue weighted by Gasteiger charge is 2.37. The van der Waals surface area contributed by atoms with Gasteiger partial charge >= 0.3 is 5.97 Å². The molecule has 0 radical (unpaired) electrons. The first-order valence-electron chi connectivity index (χ1n) is 7.37. The topological polar surface area (TPSA) is 30.7 Å². The first-order chi connectivity index (χ1) is 8.72. The third-order valence-corrected chi connectivity index (χ3v) is 5.50. The predicted molar refractivity (Wildman–Crippen MR) is 75.0 cm³/mol. The van der Waals surface area contributed by atoms with E-state index in [1.165, 1.54) is 45.2 Å². The van der Waals surface area contributed by atoms with Crippen molar-refractivity contribution < 1.29 is 14.4 Å². The molecule has 0 aromatic rings. The third-order valence-electron chi connectivity index (χ3n) is 4.48. The monoisotopic (exact) mass is 318 g/mol. The number of piperidine rings is 2. The Hall–Kier alpha value is -0.0900. The van der Waals surface area contributed by atoms with Crippen LogP contribution in [0.3, 0.4) is 0 Å². The van der Waals surface area contributed by atoms with E-state index in [9.17, 15) is 4.79 Å². The number of nitrogens with one attached hydrogen (secondary N) is 1. The van der Waals surface area contributed by atoms with E-state index in [0.717, 1.165) is 12.5 Å². The van der Waals surface area contributed by atoms with E-state index in [4.69, 9.17) is 4.74 Å². The second-order valence-electron chi connectivity index (χ2n) is 5.67. The van der Waals surface area contributed by atoms with Gasteiger partial charge in [-0.05, 0) is 38.5 Å². The van der Waals surface area contributed by atoms with Gasteiger partial charge in [-0.2, -0.15) is 0 Å². The third kappa shape index (κ3) is 3.47. The van der Waals surface area contributed by atoms with Gasteiger partial charge in [0.15, 0.2) is 0 Å². The number of alkyl halides is 1. The van der Waals surface area contributed by atoms with Crippen LogP contribution in [0.1, 0.15) is 45.4 Å². The van der Waals surface area contributed by atoms with Gasteiger partial charge in [-0.25, -0.2) is 0 Å². The lowest BCUT2D eigenvalue weighted by molar-refractivity contribution is -0.940. The Morgan fingerprint density at radius 3 is 2.89 bits per heavy atom. The summed E-state index contributed by atoms with van der Waals surface area (Å²) in [5.41, 5.74) is 0. The summed E-state index contributed by atoms with van der Waals surface area (Å²) in [6.45, 7) is 5.28. The molecule has 2 saturated heterocycles. The fourth-order valence-electron chi connectivity index (χ4n) is 3.42. The molecule has 0 amide bonds. The fourth-order valence-corrected chi connectivity index (χ4v) is 3.56. The molecule has 18 heavy (non-hydrogen) atoms. The van der Waals surface area contributed by atoms with Gasteiger partial charge in [-0.1, -0.05) is 22.9 Å². The highest BCUT2D eigenvalue weighted by atomic mass is 79.9. The predicted octanol–water partition coefficient (Wildman–Crippen LogP) is 1.55. The number of carbonyl (C=O) groups is 1. The summed E-state index contributed by atoms with van der Waals surface area (Å²) < 4.78 is 5.48. The van der Waals surface area contributed by atoms with Crippen molar-refractivity contribution in [3.8, 4) is 0 Å². The Balaban J connectivity index is 1.82. The molecule has 2 rings (SSSR count). The second-order valence-corrected chi connectivity index (χ2v) is 6.77. The van der Waals surface area contributed by atoms with Crippen LogP contribution < -0.4 is 4.90 Å². The first-order valence-corrected chi connectivity index (χ1v) is 8.29. The molecular formula is C14H25BrNO2+. The summed E-state index contributed by atoms with van der Waals surface area (Å²) in [5, 5.41) is 0. The van der Waals surface area contributed by atoms with Crippen molar-refractivity contribution in [3.05, 3.63) is 0 Å². The van der Waals surface area contributed by atoms with Crippen LogP contribution in [0.25, 0.3) is 0 Å². The molecule has 0 aromatic carbocycles. The Morgan fingerprint density at radius 2 is 2.11 bits per heavy atom. The number of fused-ring (bicyclic) bond motifs is 1. The molecule has 2 aliphatic heterocycles. The van der Waals surface area contributed by atoms with Gasteiger partial charge in [0.05, 0.1) is 25.7 Å². The fraction of sp³-hybridized carbons (Fsp3) is 0.929. The quantitative estimate of drug-likeness (QED) is 0.630. The maximum absolute atomic E-state index is 11.7. The van der Waals surface area contributed by atoms with Crippen LogP contribution in [0.5, 0.6) is 0 Å². The van der Waals surface area contributed by atoms with Gasteiger partial charge in [0.25, 0.3) is 0 Å². The van der Waals surface area contributed by atoms with Gasteiger partial charge in [-0.15, -0.1) is 0 Å². The van der Waals surface area contributed by atoms with Crippen molar-refractivity contribution in [3.63, 3.8) is 0 Å². The maximum Gasteiger partial charge on any atom is 0.319 e. The van der Waals surface area contributed by atoms with Crippen LogP contribution in [0.2, 0.25) is 0 Å². The molecule has 1 N–H and O–H groups in total. The molecule has 0 spiro atoms. The van der Waals surface area contributed by atoms with E-state index in [2.05, 4.69) is 15.9 Å². The van der Waals surface area contributed by atoms with Crippen molar-refractivity contribution in [2.45, 2.75) is 56.3 Å². The molecule has 2 heterocycles. The molecule has 0 saturated carbocycles. The second kappa shape index (κ2) is 6.90. The van der Waals surface area contributed by atoms with E-state index >= 15 is 0 Å². The zero-order valence-electron chi connectivity index (χ0n) is 11.3. The lowest BCUT2D eigenvalue weighted by atomic mass is 9.84. The van der Waals surface area contributed by atoms with E-state index < -0.39 is 0 Å². The van der Waals surface area contributed by atoms with Crippen molar-refractivity contribution in [2.75, 3.05) is 19.7 Å². The van der Waals surface area contributed by atoms with Crippen LogP contribution in [0, 0.1) is 5.92 Å². The number of quaternary nitrogens is 1. The highest BCUT2D eigenvalue weighted by Crippen LogP contribution is 2.21. The first kappa shape index (κ1) is 14.3. The van der Waals surface area contributed by atoms with Crippen LogP contribution in [0.15, 0.2) is 0 Å². The molecule has 0 aliphatic carbocycles. The van der Waals surface area contributed by atoms with Gasteiger partial charge in [0.2, 0.25) is 0 Å². The maximum atomic E-state index is 11.7. The Bertz CT molecular complexity index is 283. The number of hydrogen-bond acceptors (Lipinski definition) is 2. The van der Waals surface area contributed by atoms with Crippen LogP contribution in [-0.2, 0) is 9.53 Å².